The minimum atomic E-state index is -0.207. The van der Waals surface area contributed by atoms with Crippen LogP contribution in [0.2, 0.25) is 0 Å². The second kappa shape index (κ2) is 3.03. The lowest BCUT2D eigenvalue weighted by atomic mass is 10.2. The van der Waals surface area contributed by atoms with Crippen molar-refractivity contribution in [1.29, 1.82) is 0 Å². The van der Waals surface area contributed by atoms with Crippen molar-refractivity contribution >= 4 is 11.3 Å². The summed E-state index contributed by atoms with van der Waals surface area (Å²) < 4.78 is 12.7. The summed E-state index contributed by atoms with van der Waals surface area (Å²) in [5, 5.41) is 0. The molecule has 0 aliphatic heterocycles. The standard InChI is InChI=1S/C9H6FNS/c10-8-3-1-2-7(4-8)9-5-11-6-12-9/h1-6H. The summed E-state index contributed by atoms with van der Waals surface area (Å²) in [7, 11) is 0. The number of hydrogen-bond acceptors (Lipinski definition) is 2. The van der Waals surface area contributed by atoms with Gasteiger partial charge in [-0.05, 0) is 17.7 Å². The number of thiazole rings is 1. The smallest absolute Gasteiger partial charge is 0.123 e. The van der Waals surface area contributed by atoms with Crippen LogP contribution < -0.4 is 0 Å². The van der Waals surface area contributed by atoms with Gasteiger partial charge in [-0.2, -0.15) is 0 Å². The highest BCUT2D eigenvalue weighted by Crippen LogP contribution is 2.23. The average molecular weight is 179 g/mol. The van der Waals surface area contributed by atoms with Crippen LogP contribution in [0, 0.1) is 5.82 Å². The van der Waals surface area contributed by atoms with E-state index in [2.05, 4.69) is 4.98 Å². The van der Waals surface area contributed by atoms with Crippen LogP contribution in [0.3, 0.4) is 0 Å². The van der Waals surface area contributed by atoms with Crippen LogP contribution in [-0.2, 0) is 0 Å². The summed E-state index contributed by atoms with van der Waals surface area (Å²) in [6, 6.07) is 6.51. The zero-order valence-corrected chi connectivity index (χ0v) is 7.01. The van der Waals surface area contributed by atoms with Crippen molar-refractivity contribution in [2.24, 2.45) is 0 Å². The van der Waals surface area contributed by atoms with E-state index in [9.17, 15) is 4.39 Å². The van der Waals surface area contributed by atoms with Gasteiger partial charge in [0.15, 0.2) is 0 Å². The molecule has 60 valence electrons. The molecule has 1 nitrogen and oxygen atoms in total. The predicted molar refractivity (Wildman–Crippen MR) is 47.5 cm³/mol. The van der Waals surface area contributed by atoms with E-state index in [1.165, 1.54) is 23.5 Å². The molecule has 0 atom stereocenters. The second-order valence-electron chi connectivity index (χ2n) is 2.38. The van der Waals surface area contributed by atoms with Gasteiger partial charge in [-0.3, -0.25) is 4.98 Å². The van der Waals surface area contributed by atoms with E-state index in [-0.39, 0.29) is 5.82 Å². The normalized spacial score (nSPS) is 10.1. The molecule has 1 heterocycles. The number of aromatic nitrogens is 1. The van der Waals surface area contributed by atoms with E-state index >= 15 is 0 Å². The van der Waals surface area contributed by atoms with E-state index in [1.54, 1.807) is 17.8 Å². The number of hydrogen-bond donors (Lipinski definition) is 0. The van der Waals surface area contributed by atoms with Gasteiger partial charge in [-0.25, -0.2) is 4.39 Å². The van der Waals surface area contributed by atoms with E-state index in [4.69, 9.17) is 0 Å². The van der Waals surface area contributed by atoms with Crippen LogP contribution in [-0.4, -0.2) is 4.98 Å². The number of nitrogens with zero attached hydrogens (tertiary/aromatic N) is 1. The van der Waals surface area contributed by atoms with E-state index < -0.39 is 0 Å². The molecular weight excluding hydrogens is 173 g/mol. The Balaban J connectivity index is 2.48. The lowest BCUT2D eigenvalue weighted by molar-refractivity contribution is 0.628. The molecule has 1 aromatic heterocycles. The molecule has 3 heteroatoms. The number of benzene rings is 1. The zero-order valence-electron chi connectivity index (χ0n) is 6.20. The SMILES string of the molecule is Fc1cccc(-c2cncs2)c1. The van der Waals surface area contributed by atoms with Crippen LogP contribution in [0.5, 0.6) is 0 Å². The summed E-state index contributed by atoms with van der Waals surface area (Å²) in [6.45, 7) is 0. The molecule has 0 bridgehead atoms. The monoisotopic (exact) mass is 179 g/mol. The second-order valence-corrected chi connectivity index (χ2v) is 3.26. The maximum Gasteiger partial charge on any atom is 0.123 e. The fraction of sp³-hybridized carbons (Fsp3) is 0. The highest BCUT2D eigenvalue weighted by atomic mass is 32.1. The van der Waals surface area contributed by atoms with Crippen molar-refractivity contribution in [2.75, 3.05) is 0 Å². The van der Waals surface area contributed by atoms with Crippen LogP contribution in [0.15, 0.2) is 36.0 Å². The Morgan fingerprint density at radius 1 is 1.33 bits per heavy atom. The maximum absolute atomic E-state index is 12.7. The first-order chi connectivity index (χ1) is 5.86. The first kappa shape index (κ1) is 7.43. The molecule has 0 aliphatic carbocycles. The molecule has 1 aromatic carbocycles. The third-order valence-electron chi connectivity index (χ3n) is 1.54. The van der Waals surface area contributed by atoms with E-state index in [0.717, 1.165) is 10.4 Å². The lowest BCUT2D eigenvalue weighted by Gasteiger charge is -1.94. The van der Waals surface area contributed by atoms with Gasteiger partial charge in [-0.15, -0.1) is 11.3 Å². The first-order valence-corrected chi connectivity index (χ1v) is 4.38. The molecular formula is C9H6FNS. The Bertz CT molecular complexity index is 370. The van der Waals surface area contributed by atoms with Gasteiger partial charge in [0.05, 0.1) is 10.4 Å². The van der Waals surface area contributed by atoms with Crippen LogP contribution in [0.25, 0.3) is 10.4 Å². The largest absolute Gasteiger partial charge is 0.252 e. The summed E-state index contributed by atoms with van der Waals surface area (Å²) >= 11 is 1.51. The Labute approximate surface area is 73.5 Å². The maximum atomic E-state index is 12.7. The summed E-state index contributed by atoms with van der Waals surface area (Å²) in [5.74, 6) is -0.207. The molecule has 0 N–H and O–H groups in total. The van der Waals surface area contributed by atoms with Crippen LogP contribution in [0.4, 0.5) is 4.39 Å². The summed E-state index contributed by atoms with van der Waals surface area (Å²) in [4.78, 5) is 4.92. The molecule has 2 rings (SSSR count). The topological polar surface area (TPSA) is 12.9 Å². The third-order valence-corrected chi connectivity index (χ3v) is 2.36. The first-order valence-electron chi connectivity index (χ1n) is 3.51. The molecule has 0 saturated heterocycles. The van der Waals surface area contributed by atoms with Gasteiger partial charge < -0.3 is 0 Å². The lowest BCUT2D eigenvalue weighted by Crippen LogP contribution is -1.74. The molecule has 12 heavy (non-hydrogen) atoms. The molecule has 0 unspecified atom stereocenters. The highest BCUT2D eigenvalue weighted by molar-refractivity contribution is 7.13. The molecule has 0 fully saturated rings. The van der Waals surface area contributed by atoms with Gasteiger partial charge in [-0.1, -0.05) is 12.1 Å². The predicted octanol–water partition coefficient (Wildman–Crippen LogP) is 2.95. The Morgan fingerprint density at radius 2 is 2.25 bits per heavy atom. The fourth-order valence-electron chi connectivity index (χ4n) is 1.00. The van der Waals surface area contributed by atoms with E-state index in [0.29, 0.717) is 0 Å². The van der Waals surface area contributed by atoms with E-state index in [1.807, 2.05) is 6.07 Å². The Kier molecular flexibility index (Phi) is 1.87. The van der Waals surface area contributed by atoms with Crippen molar-refractivity contribution in [2.45, 2.75) is 0 Å². The zero-order chi connectivity index (χ0) is 8.39. The van der Waals surface area contributed by atoms with Crippen LogP contribution in [0.1, 0.15) is 0 Å². The molecule has 0 spiro atoms. The average Bonchev–Trinajstić information content (AvgIpc) is 2.56. The Hall–Kier alpha value is -1.22. The molecule has 0 saturated carbocycles. The summed E-state index contributed by atoms with van der Waals surface area (Å²) in [6.07, 6.45) is 1.74. The quantitative estimate of drug-likeness (QED) is 0.655. The van der Waals surface area contributed by atoms with Gasteiger partial charge in [0.1, 0.15) is 5.82 Å². The molecule has 0 radical (unpaired) electrons. The molecule has 0 amide bonds. The van der Waals surface area contributed by atoms with Crippen LogP contribution >= 0.6 is 11.3 Å². The number of rotatable bonds is 1. The molecule has 0 aliphatic rings. The van der Waals surface area contributed by atoms with Gasteiger partial charge >= 0.3 is 0 Å². The van der Waals surface area contributed by atoms with Gasteiger partial charge in [0, 0.05) is 6.20 Å². The number of halogens is 1. The van der Waals surface area contributed by atoms with Crippen molar-refractivity contribution < 1.29 is 4.39 Å². The van der Waals surface area contributed by atoms with Crippen molar-refractivity contribution in [3.05, 3.63) is 41.8 Å². The highest BCUT2D eigenvalue weighted by Gasteiger charge is 1.99. The third kappa shape index (κ3) is 1.36. The minimum Gasteiger partial charge on any atom is -0.252 e. The minimum absolute atomic E-state index is 0.207. The van der Waals surface area contributed by atoms with Crippen molar-refractivity contribution in [1.82, 2.24) is 4.98 Å². The van der Waals surface area contributed by atoms with Gasteiger partial charge in [0.25, 0.3) is 0 Å². The van der Waals surface area contributed by atoms with Gasteiger partial charge in [0.2, 0.25) is 0 Å². The Morgan fingerprint density at radius 3 is 2.92 bits per heavy atom. The van der Waals surface area contributed by atoms with Crippen molar-refractivity contribution in [3.63, 3.8) is 0 Å². The summed E-state index contributed by atoms with van der Waals surface area (Å²) in [5.41, 5.74) is 2.62. The fourth-order valence-corrected chi connectivity index (χ4v) is 1.62. The van der Waals surface area contributed by atoms with Crippen molar-refractivity contribution in [3.8, 4) is 10.4 Å². The molecule has 2 aromatic rings.